The molecule has 1 aliphatic rings. The van der Waals surface area contributed by atoms with Crippen LogP contribution in [0.15, 0.2) is 41.3 Å². The number of aromatic nitrogens is 1. The molecule has 162 valence electrons. The van der Waals surface area contributed by atoms with Gasteiger partial charge in [0.1, 0.15) is 5.82 Å². The zero-order valence-corrected chi connectivity index (χ0v) is 17.5. The first-order chi connectivity index (χ1) is 14.1. The molecule has 0 saturated carbocycles. The van der Waals surface area contributed by atoms with Gasteiger partial charge in [0.2, 0.25) is 0 Å². The lowest BCUT2D eigenvalue weighted by Gasteiger charge is -2.46. The second-order valence-electron chi connectivity index (χ2n) is 8.81. The van der Waals surface area contributed by atoms with Gasteiger partial charge in [-0.1, -0.05) is 39.0 Å². The van der Waals surface area contributed by atoms with Crippen LogP contribution < -0.4 is 5.56 Å². The number of nitrogens with zero attached hydrogens (tertiary/aromatic N) is 3. The van der Waals surface area contributed by atoms with Gasteiger partial charge < -0.3 is 19.7 Å². The van der Waals surface area contributed by atoms with Crippen LogP contribution in [0, 0.1) is 11.2 Å². The number of halogens is 1. The van der Waals surface area contributed by atoms with Crippen LogP contribution >= 0.6 is 0 Å². The molecule has 2 aromatic rings. The normalized spacial score (nSPS) is 17.9. The summed E-state index contributed by atoms with van der Waals surface area (Å²) < 4.78 is 15.2. The van der Waals surface area contributed by atoms with Crippen LogP contribution in [-0.2, 0) is 13.1 Å². The largest absolute Gasteiger partial charge is 0.503 e. The molecule has 1 atom stereocenters. The first-order valence-corrected chi connectivity index (χ1v) is 9.94. The third-order valence-electron chi connectivity index (χ3n) is 5.63. The second kappa shape index (κ2) is 8.47. The van der Waals surface area contributed by atoms with Gasteiger partial charge in [0.05, 0.1) is 12.6 Å². The average molecular weight is 417 g/mol. The SMILES string of the molecule is CC(C)(C)C1CN(Cc2ccn(Cc3ccccc3F)c(=O)c2O)CCN1C(=O)O. The lowest BCUT2D eigenvalue weighted by Crippen LogP contribution is -2.59. The maximum Gasteiger partial charge on any atom is 0.407 e. The quantitative estimate of drug-likeness (QED) is 0.799. The Hall–Kier alpha value is -2.87. The molecule has 30 heavy (non-hydrogen) atoms. The van der Waals surface area contributed by atoms with Crippen molar-refractivity contribution in [3.8, 4) is 5.75 Å². The van der Waals surface area contributed by atoms with Crippen molar-refractivity contribution in [3.63, 3.8) is 0 Å². The molecule has 7 nitrogen and oxygen atoms in total. The highest BCUT2D eigenvalue weighted by molar-refractivity contribution is 5.65. The van der Waals surface area contributed by atoms with E-state index in [4.69, 9.17) is 0 Å². The van der Waals surface area contributed by atoms with Gasteiger partial charge in [-0.15, -0.1) is 0 Å². The lowest BCUT2D eigenvalue weighted by atomic mass is 9.84. The molecule has 1 fully saturated rings. The second-order valence-corrected chi connectivity index (χ2v) is 8.81. The third-order valence-corrected chi connectivity index (χ3v) is 5.63. The summed E-state index contributed by atoms with van der Waals surface area (Å²) in [5, 5.41) is 20.0. The van der Waals surface area contributed by atoms with Crippen molar-refractivity contribution >= 4 is 6.09 Å². The molecule has 1 aliphatic heterocycles. The fraction of sp³-hybridized carbons (Fsp3) is 0.455. The maximum atomic E-state index is 13.9. The Morgan fingerprint density at radius 1 is 1.13 bits per heavy atom. The predicted molar refractivity (Wildman–Crippen MR) is 111 cm³/mol. The fourth-order valence-electron chi connectivity index (χ4n) is 3.86. The average Bonchev–Trinajstić information content (AvgIpc) is 2.68. The van der Waals surface area contributed by atoms with Crippen molar-refractivity contribution in [2.45, 2.75) is 39.9 Å². The Morgan fingerprint density at radius 3 is 2.47 bits per heavy atom. The minimum absolute atomic E-state index is 0.0305. The van der Waals surface area contributed by atoms with E-state index < -0.39 is 17.5 Å². The molecule has 0 spiro atoms. The van der Waals surface area contributed by atoms with E-state index >= 15 is 0 Å². The Morgan fingerprint density at radius 2 is 1.83 bits per heavy atom. The van der Waals surface area contributed by atoms with E-state index in [1.54, 1.807) is 30.5 Å². The molecule has 1 amide bonds. The fourth-order valence-corrected chi connectivity index (χ4v) is 3.86. The molecule has 1 saturated heterocycles. The number of rotatable bonds is 4. The van der Waals surface area contributed by atoms with Crippen LogP contribution in [0.2, 0.25) is 0 Å². The Bertz CT molecular complexity index is 983. The molecule has 8 heteroatoms. The standard InChI is InChI=1S/C22H28FN3O4/c1-22(2,3)18-14-24(10-11-26(18)21(29)30)12-16-8-9-25(20(28)19(16)27)13-15-6-4-5-7-17(15)23/h4-9,18,27H,10-14H2,1-3H3,(H,29,30). The van der Waals surface area contributed by atoms with Crippen molar-refractivity contribution in [1.29, 1.82) is 0 Å². The number of amides is 1. The molecule has 2 N–H and O–H groups in total. The third kappa shape index (κ3) is 4.64. The van der Waals surface area contributed by atoms with Gasteiger partial charge in [-0.3, -0.25) is 9.69 Å². The summed E-state index contributed by atoms with van der Waals surface area (Å²) in [7, 11) is 0. The van der Waals surface area contributed by atoms with Gasteiger partial charge in [-0.25, -0.2) is 9.18 Å². The number of benzene rings is 1. The summed E-state index contributed by atoms with van der Waals surface area (Å²) in [4.78, 5) is 27.7. The molecule has 3 rings (SSSR count). The highest BCUT2D eigenvalue weighted by atomic mass is 19.1. The van der Waals surface area contributed by atoms with Crippen LogP contribution in [-0.4, -0.2) is 56.3 Å². The summed E-state index contributed by atoms with van der Waals surface area (Å²) in [5.74, 6) is -0.765. The Balaban J connectivity index is 1.77. The number of piperazine rings is 1. The molecule has 0 radical (unpaired) electrons. The maximum absolute atomic E-state index is 13.9. The van der Waals surface area contributed by atoms with Crippen LogP contribution in [0.1, 0.15) is 31.9 Å². The van der Waals surface area contributed by atoms with E-state index in [1.165, 1.54) is 15.5 Å². The smallest absolute Gasteiger partial charge is 0.407 e. The van der Waals surface area contributed by atoms with E-state index in [0.29, 0.717) is 37.3 Å². The number of hydrogen-bond donors (Lipinski definition) is 2. The summed E-state index contributed by atoms with van der Waals surface area (Å²) in [6, 6.07) is 7.66. The van der Waals surface area contributed by atoms with Gasteiger partial charge in [-0.2, -0.15) is 0 Å². The first-order valence-electron chi connectivity index (χ1n) is 9.94. The first kappa shape index (κ1) is 21.8. The molecule has 1 aromatic carbocycles. The van der Waals surface area contributed by atoms with Crippen LogP contribution in [0.25, 0.3) is 0 Å². The Kier molecular flexibility index (Phi) is 6.17. The predicted octanol–water partition coefficient (Wildman–Crippen LogP) is 2.95. The number of carboxylic acid groups (broad SMARTS) is 1. The van der Waals surface area contributed by atoms with Crippen molar-refractivity contribution in [2.75, 3.05) is 19.6 Å². The summed E-state index contributed by atoms with van der Waals surface area (Å²) >= 11 is 0. The van der Waals surface area contributed by atoms with E-state index in [-0.39, 0.29) is 23.8 Å². The highest BCUT2D eigenvalue weighted by Gasteiger charge is 2.38. The molecule has 1 aromatic heterocycles. The van der Waals surface area contributed by atoms with Gasteiger partial charge in [0, 0.05) is 43.5 Å². The van der Waals surface area contributed by atoms with Gasteiger partial charge >= 0.3 is 6.09 Å². The number of hydrogen-bond acceptors (Lipinski definition) is 4. The van der Waals surface area contributed by atoms with E-state index in [9.17, 15) is 24.2 Å². The van der Waals surface area contributed by atoms with E-state index in [1.807, 2.05) is 25.7 Å². The summed E-state index contributed by atoms with van der Waals surface area (Å²) in [6.07, 6.45) is 0.617. The van der Waals surface area contributed by atoms with Gasteiger partial charge in [0.25, 0.3) is 5.56 Å². The lowest BCUT2D eigenvalue weighted by molar-refractivity contribution is 0.0187. The monoisotopic (exact) mass is 417 g/mol. The van der Waals surface area contributed by atoms with Crippen molar-refractivity contribution < 1.29 is 19.4 Å². The minimum Gasteiger partial charge on any atom is -0.503 e. The van der Waals surface area contributed by atoms with Gasteiger partial charge in [0.15, 0.2) is 5.75 Å². The zero-order chi connectivity index (χ0) is 22.1. The topological polar surface area (TPSA) is 86.0 Å². The molecule has 1 unspecified atom stereocenters. The summed E-state index contributed by atoms with van der Waals surface area (Å²) in [5.41, 5.74) is 0.0144. The van der Waals surface area contributed by atoms with Crippen LogP contribution in [0.5, 0.6) is 5.75 Å². The van der Waals surface area contributed by atoms with E-state index in [0.717, 1.165) is 0 Å². The van der Waals surface area contributed by atoms with Crippen LogP contribution in [0.4, 0.5) is 9.18 Å². The number of aromatic hydroxyl groups is 1. The molecule has 2 heterocycles. The molecule has 0 aliphatic carbocycles. The minimum atomic E-state index is -0.937. The number of pyridine rings is 1. The molecular formula is C22H28FN3O4. The van der Waals surface area contributed by atoms with Gasteiger partial charge in [-0.05, 0) is 17.5 Å². The molecule has 0 bridgehead atoms. The van der Waals surface area contributed by atoms with Crippen molar-refractivity contribution in [3.05, 3.63) is 63.8 Å². The number of carbonyl (C=O) groups is 1. The van der Waals surface area contributed by atoms with Crippen LogP contribution in [0.3, 0.4) is 0 Å². The van der Waals surface area contributed by atoms with Crippen molar-refractivity contribution in [2.24, 2.45) is 5.41 Å². The zero-order valence-electron chi connectivity index (χ0n) is 17.5. The highest BCUT2D eigenvalue weighted by Crippen LogP contribution is 2.29. The summed E-state index contributed by atoms with van der Waals surface area (Å²) in [6.45, 7) is 7.74. The van der Waals surface area contributed by atoms with Crippen molar-refractivity contribution in [1.82, 2.24) is 14.4 Å². The Labute approximate surface area is 175 Å². The molecular weight excluding hydrogens is 389 g/mol. The van der Waals surface area contributed by atoms with E-state index in [2.05, 4.69) is 0 Å².